The third-order valence-electron chi connectivity index (χ3n) is 2.95. The summed E-state index contributed by atoms with van der Waals surface area (Å²) in [5.74, 6) is 1.10. The summed E-state index contributed by atoms with van der Waals surface area (Å²) < 4.78 is 2.22. The van der Waals surface area contributed by atoms with Crippen molar-refractivity contribution in [1.82, 2.24) is 19.7 Å². The van der Waals surface area contributed by atoms with Gasteiger partial charge < -0.3 is 4.57 Å². The highest BCUT2D eigenvalue weighted by molar-refractivity contribution is 5.10. The number of hydrogen-bond acceptors (Lipinski definition) is 3. The van der Waals surface area contributed by atoms with Crippen LogP contribution in [0.3, 0.4) is 0 Å². The quantitative estimate of drug-likeness (QED) is 0.779. The van der Waals surface area contributed by atoms with Crippen LogP contribution in [0.4, 0.5) is 0 Å². The first-order valence-electron chi connectivity index (χ1n) is 5.71. The van der Waals surface area contributed by atoms with Crippen molar-refractivity contribution in [3.8, 4) is 0 Å². The molecule has 0 aromatic carbocycles. The molecule has 2 aromatic rings. The molecule has 1 saturated carbocycles. The molecule has 0 atom stereocenters. The Morgan fingerprint density at radius 3 is 3.00 bits per heavy atom. The van der Waals surface area contributed by atoms with Crippen molar-refractivity contribution >= 4 is 0 Å². The Bertz CT molecular complexity index is 459. The molecule has 0 spiro atoms. The van der Waals surface area contributed by atoms with E-state index in [9.17, 15) is 0 Å². The molecule has 4 nitrogen and oxygen atoms in total. The van der Waals surface area contributed by atoms with E-state index in [4.69, 9.17) is 0 Å². The molecule has 1 fully saturated rings. The number of aryl methyl sites for hydroxylation is 2. The molecule has 0 unspecified atom stereocenters. The van der Waals surface area contributed by atoms with Crippen LogP contribution < -0.4 is 0 Å². The maximum atomic E-state index is 4.19. The van der Waals surface area contributed by atoms with E-state index in [2.05, 4.69) is 25.8 Å². The summed E-state index contributed by atoms with van der Waals surface area (Å²) in [6.07, 6.45) is 10.1. The van der Waals surface area contributed by atoms with E-state index in [-0.39, 0.29) is 0 Å². The van der Waals surface area contributed by atoms with Crippen LogP contribution in [0.15, 0.2) is 30.9 Å². The van der Waals surface area contributed by atoms with Gasteiger partial charge in [0, 0.05) is 24.9 Å². The fourth-order valence-corrected chi connectivity index (χ4v) is 1.91. The molecule has 2 heterocycles. The average Bonchev–Trinajstić information content (AvgIpc) is 3.07. The van der Waals surface area contributed by atoms with E-state index in [0.717, 1.165) is 18.7 Å². The Balaban J connectivity index is 1.68. The number of nitrogens with zero attached hydrogens (tertiary/aromatic N) is 4. The van der Waals surface area contributed by atoms with Crippen molar-refractivity contribution in [2.75, 3.05) is 0 Å². The predicted molar refractivity (Wildman–Crippen MR) is 59.9 cm³/mol. The second-order valence-corrected chi connectivity index (χ2v) is 4.25. The highest BCUT2D eigenvalue weighted by Crippen LogP contribution is 2.35. The van der Waals surface area contributed by atoms with E-state index in [0.29, 0.717) is 6.04 Å². The molecule has 2 aromatic heterocycles. The Morgan fingerprint density at radius 2 is 2.25 bits per heavy atom. The van der Waals surface area contributed by atoms with Gasteiger partial charge in [0.15, 0.2) is 0 Å². The second-order valence-electron chi connectivity index (χ2n) is 4.25. The van der Waals surface area contributed by atoms with Crippen molar-refractivity contribution in [3.63, 3.8) is 0 Å². The summed E-state index contributed by atoms with van der Waals surface area (Å²) in [6.45, 7) is 0. The number of hydrogen-bond donors (Lipinski definition) is 0. The molecule has 0 bridgehead atoms. The Kier molecular flexibility index (Phi) is 2.40. The maximum absolute atomic E-state index is 4.19. The Labute approximate surface area is 94.4 Å². The van der Waals surface area contributed by atoms with E-state index in [1.165, 1.54) is 18.4 Å². The molecule has 16 heavy (non-hydrogen) atoms. The van der Waals surface area contributed by atoms with E-state index in [1.54, 1.807) is 6.20 Å². The monoisotopic (exact) mass is 214 g/mol. The average molecular weight is 214 g/mol. The summed E-state index contributed by atoms with van der Waals surface area (Å²) in [4.78, 5) is 4.11. The van der Waals surface area contributed by atoms with Crippen molar-refractivity contribution in [1.29, 1.82) is 0 Å². The summed E-state index contributed by atoms with van der Waals surface area (Å²) in [5, 5.41) is 8.18. The van der Waals surface area contributed by atoms with E-state index >= 15 is 0 Å². The van der Waals surface area contributed by atoms with Crippen LogP contribution in [0.5, 0.6) is 0 Å². The zero-order chi connectivity index (χ0) is 10.8. The SMILES string of the molecule is c1cncc(CCc2nncn2C2CC2)c1. The lowest BCUT2D eigenvalue weighted by atomic mass is 10.1. The van der Waals surface area contributed by atoms with Gasteiger partial charge in [-0.2, -0.15) is 0 Å². The fourth-order valence-electron chi connectivity index (χ4n) is 1.91. The Morgan fingerprint density at radius 1 is 1.31 bits per heavy atom. The molecule has 0 radical (unpaired) electrons. The maximum Gasteiger partial charge on any atom is 0.133 e. The van der Waals surface area contributed by atoms with Gasteiger partial charge in [0.05, 0.1) is 0 Å². The minimum atomic E-state index is 0.666. The van der Waals surface area contributed by atoms with Crippen LogP contribution in [0.2, 0.25) is 0 Å². The first-order valence-corrected chi connectivity index (χ1v) is 5.71. The highest BCUT2D eigenvalue weighted by Gasteiger charge is 2.25. The zero-order valence-electron chi connectivity index (χ0n) is 9.08. The van der Waals surface area contributed by atoms with Crippen LogP contribution in [-0.4, -0.2) is 19.7 Å². The number of rotatable bonds is 4. The minimum Gasteiger partial charge on any atom is -0.314 e. The topological polar surface area (TPSA) is 43.6 Å². The first-order chi connectivity index (χ1) is 7.93. The Hall–Kier alpha value is -1.71. The van der Waals surface area contributed by atoms with Gasteiger partial charge in [-0.3, -0.25) is 4.98 Å². The molecule has 0 amide bonds. The second kappa shape index (κ2) is 4.04. The smallest absolute Gasteiger partial charge is 0.133 e. The van der Waals surface area contributed by atoms with Crippen LogP contribution in [-0.2, 0) is 12.8 Å². The zero-order valence-corrected chi connectivity index (χ0v) is 9.08. The molecular formula is C12H14N4. The first kappa shape index (κ1) is 9.51. The fraction of sp³-hybridized carbons (Fsp3) is 0.417. The summed E-state index contributed by atoms with van der Waals surface area (Å²) in [7, 11) is 0. The molecule has 3 rings (SSSR count). The molecule has 4 heteroatoms. The normalized spacial score (nSPS) is 15.2. The molecule has 0 N–H and O–H groups in total. The minimum absolute atomic E-state index is 0.666. The van der Waals surface area contributed by atoms with Gasteiger partial charge in [0.1, 0.15) is 12.2 Å². The lowest BCUT2D eigenvalue weighted by Gasteiger charge is -2.04. The van der Waals surface area contributed by atoms with Crippen LogP contribution in [0.1, 0.15) is 30.3 Å². The van der Waals surface area contributed by atoms with Crippen molar-refractivity contribution in [3.05, 3.63) is 42.2 Å². The van der Waals surface area contributed by atoms with Gasteiger partial charge >= 0.3 is 0 Å². The molecule has 82 valence electrons. The molecule has 0 aliphatic heterocycles. The van der Waals surface area contributed by atoms with Gasteiger partial charge in [0.25, 0.3) is 0 Å². The summed E-state index contributed by atoms with van der Waals surface area (Å²) in [5.41, 5.74) is 1.26. The van der Waals surface area contributed by atoms with Crippen molar-refractivity contribution in [2.24, 2.45) is 0 Å². The van der Waals surface area contributed by atoms with Gasteiger partial charge in [-0.15, -0.1) is 10.2 Å². The standard InChI is InChI=1S/C12H14N4/c1-2-10(8-13-7-1)3-6-12-15-14-9-16(12)11-4-5-11/h1-2,7-9,11H,3-6H2. The lowest BCUT2D eigenvalue weighted by Crippen LogP contribution is -2.02. The summed E-state index contributed by atoms with van der Waals surface area (Å²) in [6, 6.07) is 4.74. The van der Waals surface area contributed by atoms with Gasteiger partial charge in [-0.25, -0.2) is 0 Å². The molecule has 1 aliphatic rings. The summed E-state index contributed by atoms with van der Waals surface area (Å²) >= 11 is 0. The van der Waals surface area contributed by atoms with Crippen molar-refractivity contribution in [2.45, 2.75) is 31.7 Å². The number of aromatic nitrogens is 4. The predicted octanol–water partition coefficient (Wildman–Crippen LogP) is 1.79. The van der Waals surface area contributed by atoms with Crippen LogP contribution in [0.25, 0.3) is 0 Å². The van der Waals surface area contributed by atoms with E-state index < -0.39 is 0 Å². The van der Waals surface area contributed by atoms with Gasteiger partial charge in [-0.1, -0.05) is 6.07 Å². The van der Waals surface area contributed by atoms with E-state index in [1.807, 2.05) is 18.6 Å². The third-order valence-corrected chi connectivity index (χ3v) is 2.95. The van der Waals surface area contributed by atoms with Gasteiger partial charge in [0.2, 0.25) is 0 Å². The third kappa shape index (κ3) is 1.96. The van der Waals surface area contributed by atoms with Crippen LogP contribution in [0, 0.1) is 0 Å². The molecular weight excluding hydrogens is 200 g/mol. The number of pyridine rings is 1. The van der Waals surface area contributed by atoms with Crippen LogP contribution >= 0.6 is 0 Å². The largest absolute Gasteiger partial charge is 0.314 e. The van der Waals surface area contributed by atoms with Crippen molar-refractivity contribution < 1.29 is 0 Å². The highest BCUT2D eigenvalue weighted by atomic mass is 15.3. The molecule has 0 saturated heterocycles. The lowest BCUT2D eigenvalue weighted by molar-refractivity contribution is 0.673. The van der Waals surface area contributed by atoms with Gasteiger partial charge in [-0.05, 0) is 30.9 Å². The molecule has 1 aliphatic carbocycles.